The van der Waals surface area contributed by atoms with Crippen molar-refractivity contribution in [3.05, 3.63) is 53.4 Å². The molecule has 0 spiro atoms. The minimum atomic E-state index is -0.557. The molecule has 3 heteroatoms. The number of halogens is 2. The molecule has 1 aromatic heterocycles. The summed E-state index contributed by atoms with van der Waals surface area (Å²) in [7, 11) is 0. The first-order chi connectivity index (χ1) is 7.58. The molecule has 16 heavy (non-hydrogen) atoms. The van der Waals surface area contributed by atoms with Crippen LogP contribution in [0, 0.1) is 25.5 Å². The van der Waals surface area contributed by atoms with Crippen LogP contribution in [0.15, 0.2) is 30.5 Å². The van der Waals surface area contributed by atoms with Gasteiger partial charge in [-0.15, -0.1) is 0 Å². The van der Waals surface area contributed by atoms with Crippen LogP contribution < -0.4 is 0 Å². The fraction of sp³-hybridized carbons (Fsp3) is 0.154. The zero-order valence-corrected chi connectivity index (χ0v) is 9.09. The van der Waals surface area contributed by atoms with E-state index in [-0.39, 0.29) is 0 Å². The minimum Gasteiger partial charge on any atom is -0.261 e. The van der Waals surface area contributed by atoms with Crippen molar-refractivity contribution >= 4 is 0 Å². The van der Waals surface area contributed by atoms with Crippen LogP contribution in [0.4, 0.5) is 8.78 Å². The van der Waals surface area contributed by atoms with Gasteiger partial charge in [-0.05, 0) is 31.5 Å². The van der Waals surface area contributed by atoms with Gasteiger partial charge in [0.2, 0.25) is 0 Å². The summed E-state index contributed by atoms with van der Waals surface area (Å²) in [5, 5.41) is 0. The Morgan fingerprint density at radius 3 is 2.38 bits per heavy atom. The quantitative estimate of drug-likeness (QED) is 0.713. The van der Waals surface area contributed by atoms with E-state index in [2.05, 4.69) is 4.98 Å². The van der Waals surface area contributed by atoms with Gasteiger partial charge in [0.25, 0.3) is 0 Å². The van der Waals surface area contributed by atoms with E-state index >= 15 is 0 Å². The highest BCUT2D eigenvalue weighted by Gasteiger charge is 2.10. The lowest BCUT2D eigenvalue weighted by Gasteiger charge is -2.07. The molecule has 0 bridgehead atoms. The highest BCUT2D eigenvalue weighted by Crippen LogP contribution is 2.26. The first-order valence-corrected chi connectivity index (χ1v) is 4.96. The van der Waals surface area contributed by atoms with Gasteiger partial charge < -0.3 is 0 Å². The van der Waals surface area contributed by atoms with Crippen LogP contribution in [-0.2, 0) is 0 Å². The normalized spacial score (nSPS) is 10.5. The Kier molecular flexibility index (Phi) is 2.69. The molecule has 0 unspecified atom stereocenters. The summed E-state index contributed by atoms with van der Waals surface area (Å²) in [6, 6.07) is 5.80. The molecule has 0 radical (unpaired) electrons. The third kappa shape index (κ3) is 1.94. The smallest absolute Gasteiger partial charge is 0.134 e. The van der Waals surface area contributed by atoms with Crippen molar-refractivity contribution in [2.24, 2.45) is 0 Å². The second-order valence-electron chi connectivity index (χ2n) is 3.77. The molecule has 2 aromatic rings. The second-order valence-corrected chi connectivity index (χ2v) is 3.77. The van der Waals surface area contributed by atoms with Crippen LogP contribution in [0.2, 0.25) is 0 Å². The molecule has 1 nitrogen and oxygen atoms in total. The van der Waals surface area contributed by atoms with Crippen LogP contribution in [0.3, 0.4) is 0 Å². The first-order valence-electron chi connectivity index (χ1n) is 4.96. The monoisotopic (exact) mass is 219 g/mol. The molecule has 0 N–H and O–H groups in total. The van der Waals surface area contributed by atoms with Gasteiger partial charge in [0.05, 0.1) is 0 Å². The Morgan fingerprint density at radius 1 is 1.06 bits per heavy atom. The first kappa shape index (κ1) is 10.7. The van der Waals surface area contributed by atoms with Gasteiger partial charge in [0.15, 0.2) is 0 Å². The van der Waals surface area contributed by atoms with E-state index in [0.29, 0.717) is 16.7 Å². The third-order valence-electron chi connectivity index (χ3n) is 2.45. The molecule has 0 fully saturated rings. The largest absolute Gasteiger partial charge is 0.261 e. The van der Waals surface area contributed by atoms with E-state index in [9.17, 15) is 8.78 Å². The Balaban J connectivity index is 2.60. The SMILES string of the molecule is Cc1ccc(-c2c(C)cc(F)cc2F)cn1. The van der Waals surface area contributed by atoms with Crippen LogP contribution in [0.1, 0.15) is 11.3 Å². The fourth-order valence-electron chi connectivity index (χ4n) is 1.68. The summed E-state index contributed by atoms with van der Waals surface area (Å²) in [4.78, 5) is 4.10. The second kappa shape index (κ2) is 4.00. The molecule has 0 aliphatic rings. The van der Waals surface area contributed by atoms with Gasteiger partial charge >= 0.3 is 0 Å². The van der Waals surface area contributed by atoms with Crippen molar-refractivity contribution in [1.29, 1.82) is 0 Å². The van der Waals surface area contributed by atoms with Crippen molar-refractivity contribution in [2.45, 2.75) is 13.8 Å². The number of aromatic nitrogens is 1. The number of benzene rings is 1. The molecular formula is C13H11F2N. The summed E-state index contributed by atoms with van der Waals surface area (Å²) < 4.78 is 26.6. The van der Waals surface area contributed by atoms with E-state index in [1.165, 1.54) is 6.07 Å². The lowest BCUT2D eigenvalue weighted by molar-refractivity contribution is 0.584. The van der Waals surface area contributed by atoms with Crippen LogP contribution in [0.25, 0.3) is 11.1 Å². The van der Waals surface area contributed by atoms with Crippen molar-refractivity contribution in [3.8, 4) is 11.1 Å². The third-order valence-corrected chi connectivity index (χ3v) is 2.45. The Bertz CT molecular complexity index is 495. The average Bonchev–Trinajstić information content (AvgIpc) is 2.19. The molecule has 0 amide bonds. The maximum atomic E-state index is 13.6. The van der Waals surface area contributed by atoms with Crippen LogP contribution in [0.5, 0.6) is 0 Å². The van der Waals surface area contributed by atoms with E-state index in [0.717, 1.165) is 11.8 Å². The maximum absolute atomic E-state index is 13.6. The number of nitrogens with zero attached hydrogens (tertiary/aromatic N) is 1. The van der Waals surface area contributed by atoms with Crippen molar-refractivity contribution in [1.82, 2.24) is 4.98 Å². The molecule has 0 aliphatic carbocycles. The van der Waals surface area contributed by atoms with E-state index < -0.39 is 11.6 Å². The zero-order chi connectivity index (χ0) is 11.7. The fourth-order valence-corrected chi connectivity index (χ4v) is 1.68. The van der Waals surface area contributed by atoms with E-state index in [1.54, 1.807) is 25.3 Å². The minimum absolute atomic E-state index is 0.411. The molecule has 0 saturated carbocycles. The summed E-state index contributed by atoms with van der Waals surface area (Å²) in [5.74, 6) is -1.11. The zero-order valence-electron chi connectivity index (χ0n) is 9.09. The van der Waals surface area contributed by atoms with Gasteiger partial charge in [-0.2, -0.15) is 0 Å². The topological polar surface area (TPSA) is 12.9 Å². The molecule has 2 rings (SSSR count). The number of hydrogen-bond donors (Lipinski definition) is 0. The molecule has 0 saturated heterocycles. The number of pyridine rings is 1. The van der Waals surface area contributed by atoms with E-state index in [1.807, 2.05) is 6.92 Å². The van der Waals surface area contributed by atoms with Crippen molar-refractivity contribution in [3.63, 3.8) is 0 Å². The lowest BCUT2D eigenvalue weighted by atomic mass is 10.0. The van der Waals surface area contributed by atoms with Gasteiger partial charge in [-0.3, -0.25) is 4.98 Å². The van der Waals surface area contributed by atoms with Crippen LogP contribution >= 0.6 is 0 Å². The maximum Gasteiger partial charge on any atom is 0.134 e. The molecule has 0 atom stereocenters. The molecular weight excluding hydrogens is 208 g/mol. The molecule has 1 heterocycles. The lowest BCUT2D eigenvalue weighted by Crippen LogP contribution is -1.92. The van der Waals surface area contributed by atoms with E-state index in [4.69, 9.17) is 0 Å². The summed E-state index contributed by atoms with van der Waals surface area (Å²) >= 11 is 0. The number of hydrogen-bond acceptors (Lipinski definition) is 1. The Hall–Kier alpha value is -1.77. The van der Waals surface area contributed by atoms with Gasteiger partial charge in [-0.1, -0.05) is 6.07 Å². The standard InChI is InChI=1S/C13H11F2N/c1-8-5-11(14)6-12(15)13(8)10-4-3-9(2)16-7-10/h3-7H,1-2H3. The predicted molar refractivity (Wildman–Crippen MR) is 59.1 cm³/mol. The average molecular weight is 219 g/mol. The molecule has 0 aliphatic heterocycles. The van der Waals surface area contributed by atoms with Gasteiger partial charge in [-0.25, -0.2) is 8.78 Å². The number of aryl methyl sites for hydroxylation is 2. The highest BCUT2D eigenvalue weighted by atomic mass is 19.1. The molecule has 82 valence electrons. The highest BCUT2D eigenvalue weighted by molar-refractivity contribution is 5.67. The summed E-state index contributed by atoms with van der Waals surface area (Å²) in [6.07, 6.45) is 1.60. The number of rotatable bonds is 1. The van der Waals surface area contributed by atoms with Crippen molar-refractivity contribution < 1.29 is 8.78 Å². The van der Waals surface area contributed by atoms with Gasteiger partial charge in [0.1, 0.15) is 11.6 Å². The van der Waals surface area contributed by atoms with Crippen molar-refractivity contribution in [2.75, 3.05) is 0 Å². The summed E-state index contributed by atoms with van der Waals surface area (Å²) in [6.45, 7) is 3.54. The molecule has 1 aromatic carbocycles. The van der Waals surface area contributed by atoms with Gasteiger partial charge in [0, 0.05) is 29.1 Å². The Morgan fingerprint density at radius 2 is 1.81 bits per heavy atom. The Labute approximate surface area is 92.8 Å². The predicted octanol–water partition coefficient (Wildman–Crippen LogP) is 3.64. The van der Waals surface area contributed by atoms with Crippen LogP contribution in [-0.4, -0.2) is 4.98 Å². The summed E-state index contributed by atoms with van der Waals surface area (Å²) in [5.41, 5.74) is 2.52.